The second kappa shape index (κ2) is 8.78. The minimum atomic E-state index is -0.181. The van der Waals surface area contributed by atoms with Gasteiger partial charge in [-0.25, -0.2) is 4.98 Å². The van der Waals surface area contributed by atoms with Gasteiger partial charge in [-0.05, 0) is 76.3 Å². The monoisotopic (exact) mass is 435 g/mol. The van der Waals surface area contributed by atoms with Gasteiger partial charge in [0.25, 0.3) is 5.91 Å². The largest absolute Gasteiger partial charge is 0.309 e. The Morgan fingerprint density at radius 2 is 1.86 bits per heavy atom. The molecule has 0 N–H and O–H groups in total. The van der Waals surface area contributed by atoms with Crippen molar-refractivity contribution in [2.45, 2.75) is 20.3 Å². The summed E-state index contributed by atoms with van der Waals surface area (Å²) in [6.07, 6.45) is 0.824. The minimum Gasteiger partial charge on any atom is -0.309 e. The summed E-state index contributed by atoms with van der Waals surface area (Å²) in [6, 6.07) is 9.17. The maximum absolute atomic E-state index is 13.4. The first-order valence-electron chi connectivity index (χ1n) is 9.05. The molecule has 148 valence electrons. The van der Waals surface area contributed by atoms with E-state index in [1.165, 1.54) is 16.9 Å². The first-order chi connectivity index (χ1) is 13.3. The summed E-state index contributed by atoms with van der Waals surface area (Å²) in [4.78, 5) is 22.0. The molecule has 0 saturated carbocycles. The highest BCUT2D eigenvalue weighted by molar-refractivity contribution is 7.22. The van der Waals surface area contributed by atoms with E-state index in [0.717, 1.165) is 28.7 Å². The van der Waals surface area contributed by atoms with Crippen LogP contribution in [-0.2, 0) is 0 Å². The van der Waals surface area contributed by atoms with Gasteiger partial charge in [0.2, 0.25) is 0 Å². The standard InChI is InChI=1S/C21H23Cl2N3OS/c1-13-10-14(2)19-18(11-13)28-21(24-19)26(9-5-8-25(3)4)20(27)16-12-15(22)6-7-17(16)23/h6-7,10-12H,5,8-9H2,1-4H3. The van der Waals surface area contributed by atoms with Gasteiger partial charge < -0.3 is 4.90 Å². The van der Waals surface area contributed by atoms with E-state index in [1.54, 1.807) is 23.1 Å². The molecule has 1 amide bonds. The number of rotatable bonds is 6. The van der Waals surface area contributed by atoms with E-state index >= 15 is 0 Å². The van der Waals surface area contributed by atoms with Crippen molar-refractivity contribution in [3.8, 4) is 0 Å². The lowest BCUT2D eigenvalue weighted by molar-refractivity contribution is 0.0986. The number of aromatic nitrogens is 1. The van der Waals surface area contributed by atoms with Crippen molar-refractivity contribution in [1.82, 2.24) is 9.88 Å². The Labute approximate surface area is 179 Å². The average Bonchev–Trinajstić information content (AvgIpc) is 3.04. The van der Waals surface area contributed by atoms with Crippen LogP contribution < -0.4 is 4.90 Å². The van der Waals surface area contributed by atoms with Crippen LogP contribution in [0.1, 0.15) is 27.9 Å². The van der Waals surface area contributed by atoms with Crippen molar-refractivity contribution < 1.29 is 4.79 Å². The number of carbonyl (C=O) groups excluding carboxylic acids is 1. The van der Waals surface area contributed by atoms with Crippen molar-refractivity contribution in [3.05, 3.63) is 57.1 Å². The first kappa shape index (κ1) is 21.1. The minimum absolute atomic E-state index is 0.181. The predicted molar refractivity (Wildman–Crippen MR) is 120 cm³/mol. The fourth-order valence-corrected chi connectivity index (χ4v) is 4.65. The van der Waals surface area contributed by atoms with Crippen LogP contribution in [0.15, 0.2) is 30.3 Å². The predicted octanol–water partition coefficient (Wildman–Crippen LogP) is 5.82. The molecular weight excluding hydrogens is 413 g/mol. The Kier molecular flexibility index (Phi) is 6.61. The van der Waals surface area contributed by atoms with E-state index in [-0.39, 0.29) is 5.91 Å². The topological polar surface area (TPSA) is 36.4 Å². The number of anilines is 1. The fraction of sp³-hybridized carbons (Fsp3) is 0.333. The smallest absolute Gasteiger partial charge is 0.261 e. The zero-order chi connectivity index (χ0) is 20.4. The molecule has 0 aliphatic carbocycles. The van der Waals surface area contributed by atoms with E-state index in [4.69, 9.17) is 28.2 Å². The number of benzene rings is 2. The van der Waals surface area contributed by atoms with Crippen LogP contribution in [0.2, 0.25) is 10.0 Å². The number of carbonyl (C=O) groups is 1. The van der Waals surface area contributed by atoms with Crippen LogP contribution in [0.3, 0.4) is 0 Å². The van der Waals surface area contributed by atoms with Gasteiger partial charge in [0, 0.05) is 11.6 Å². The quantitative estimate of drug-likeness (QED) is 0.489. The third-order valence-electron chi connectivity index (χ3n) is 4.44. The van der Waals surface area contributed by atoms with Crippen LogP contribution in [0, 0.1) is 13.8 Å². The highest BCUT2D eigenvalue weighted by Crippen LogP contribution is 2.33. The highest BCUT2D eigenvalue weighted by Gasteiger charge is 2.23. The number of halogens is 2. The van der Waals surface area contributed by atoms with Gasteiger partial charge in [0.05, 0.1) is 20.8 Å². The van der Waals surface area contributed by atoms with Gasteiger partial charge in [0.15, 0.2) is 5.13 Å². The molecule has 0 unspecified atom stereocenters. The zero-order valence-corrected chi connectivity index (χ0v) is 18.8. The Hall–Kier alpha value is -1.66. The molecule has 1 aromatic heterocycles. The molecular formula is C21H23Cl2N3OS. The molecule has 0 spiro atoms. The number of thiazole rings is 1. The van der Waals surface area contributed by atoms with Gasteiger partial charge in [-0.2, -0.15) is 0 Å². The maximum Gasteiger partial charge on any atom is 0.261 e. The summed E-state index contributed by atoms with van der Waals surface area (Å²) in [6.45, 7) is 5.54. The SMILES string of the molecule is Cc1cc(C)c2nc(N(CCCN(C)C)C(=O)c3cc(Cl)ccc3Cl)sc2c1. The third kappa shape index (κ3) is 4.66. The molecule has 0 saturated heterocycles. The molecule has 0 aliphatic heterocycles. The maximum atomic E-state index is 13.4. The Morgan fingerprint density at radius 3 is 2.57 bits per heavy atom. The molecule has 2 aromatic carbocycles. The molecule has 3 rings (SSSR count). The second-order valence-electron chi connectivity index (χ2n) is 7.16. The fourth-order valence-electron chi connectivity index (χ4n) is 3.11. The molecule has 0 aliphatic rings. The molecule has 0 radical (unpaired) electrons. The number of fused-ring (bicyclic) bond motifs is 1. The van der Waals surface area contributed by atoms with Crippen molar-refractivity contribution >= 4 is 55.8 Å². The van der Waals surface area contributed by atoms with Crippen molar-refractivity contribution in [1.29, 1.82) is 0 Å². The molecule has 7 heteroatoms. The summed E-state index contributed by atoms with van der Waals surface area (Å²) in [5, 5.41) is 1.56. The van der Waals surface area contributed by atoms with Gasteiger partial charge in [-0.3, -0.25) is 9.69 Å². The van der Waals surface area contributed by atoms with E-state index in [0.29, 0.717) is 27.3 Å². The molecule has 0 atom stereocenters. The number of aryl methyl sites for hydroxylation is 2. The van der Waals surface area contributed by atoms with Gasteiger partial charge in [-0.1, -0.05) is 40.6 Å². The molecule has 0 bridgehead atoms. The Balaban J connectivity index is 2.02. The summed E-state index contributed by atoms with van der Waals surface area (Å²) in [7, 11) is 4.04. The number of amides is 1. The third-order valence-corrected chi connectivity index (χ3v) is 6.03. The zero-order valence-electron chi connectivity index (χ0n) is 16.4. The molecule has 3 aromatic rings. The Morgan fingerprint density at radius 1 is 1.11 bits per heavy atom. The molecule has 0 fully saturated rings. The second-order valence-corrected chi connectivity index (χ2v) is 9.02. The summed E-state index contributed by atoms with van der Waals surface area (Å²) in [5.74, 6) is -0.181. The van der Waals surface area contributed by atoms with E-state index in [1.807, 2.05) is 21.0 Å². The summed E-state index contributed by atoms with van der Waals surface area (Å²) >= 11 is 13.9. The van der Waals surface area contributed by atoms with Crippen molar-refractivity contribution in [3.63, 3.8) is 0 Å². The normalized spacial score (nSPS) is 11.4. The van der Waals surface area contributed by atoms with Gasteiger partial charge >= 0.3 is 0 Å². The molecule has 28 heavy (non-hydrogen) atoms. The number of hydrogen-bond acceptors (Lipinski definition) is 4. The molecule has 4 nitrogen and oxygen atoms in total. The van der Waals surface area contributed by atoms with E-state index < -0.39 is 0 Å². The van der Waals surface area contributed by atoms with Crippen LogP contribution in [0.5, 0.6) is 0 Å². The van der Waals surface area contributed by atoms with Crippen LogP contribution in [0.25, 0.3) is 10.2 Å². The Bertz CT molecular complexity index is 1020. The van der Waals surface area contributed by atoms with Crippen molar-refractivity contribution in [2.75, 3.05) is 32.1 Å². The summed E-state index contributed by atoms with van der Waals surface area (Å²) < 4.78 is 1.08. The lowest BCUT2D eigenvalue weighted by Crippen LogP contribution is -2.33. The average molecular weight is 436 g/mol. The van der Waals surface area contributed by atoms with Gasteiger partial charge in [-0.15, -0.1) is 0 Å². The molecule has 1 heterocycles. The lowest BCUT2D eigenvalue weighted by atomic mass is 10.1. The van der Waals surface area contributed by atoms with Crippen molar-refractivity contribution in [2.24, 2.45) is 0 Å². The van der Waals surface area contributed by atoms with Crippen LogP contribution >= 0.6 is 34.5 Å². The van der Waals surface area contributed by atoms with E-state index in [2.05, 4.69) is 24.0 Å². The number of hydrogen-bond donors (Lipinski definition) is 0. The highest BCUT2D eigenvalue weighted by atomic mass is 35.5. The lowest BCUT2D eigenvalue weighted by Gasteiger charge is -2.21. The van der Waals surface area contributed by atoms with Crippen LogP contribution in [-0.4, -0.2) is 43.0 Å². The van der Waals surface area contributed by atoms with Gasteiger partial charge in [0.1, 0.15) is 0 Å². The van der Waals surface area contributed by atoms with E-state index in [9.17, 15) is 4.79 Å². The first-order valence-corrected chi connectivity index (χ1v) is 10.6. The van der Waals surface area contributed by atoms with Crippen LogP contribution in [0.4, 0.5) is 5.13 Å². The summed E-state index contributed by atoms with van der Waals surface area (Å²) in [5.41, 5.74) is 3.63. The number of nitrogens with zero attached hydrogens (tertiary/aromatic N) is 3.